The molecule has 108 valence electrons. The predicted octanol–water partition coefficient (Wildman–Crippen LogP) is 0.553. The number of nitro groups is 1. The molecule has 0 spiro atoms. The van der Waals surface area contributed by atoms with Gasteiger partial charge in [-0.25, -0.2) is 4.79 Å². The Labute approximate surface area is 116 Å². The summed E-state index contributed by atoms with van der Waals surface area (Å²) in [5, 5.41) is 29.5. The number of rotatable bonds is 3. The van der Waals surface area contributed by atoms with E-state index in [1.165, 1.54) is 18.2 Å². The second-order valence-corrected chi connectivity index (χ2v) is 4.00. The number of benzene rings is 1. The van der Waals surface area contributed by atoms with Crippen molar-refractivity contribution in [2.75, 3.05) is 0 Å². The number of H-pyrrole nitrogens is 2. The van der Waals surface area contributed by atoms with Crippen molar-refractivity contribution in [3.63, 3.8) is 0 Å². The molecule has 9 nitrogen and oxygen atoms in total. The Morgan fingerprint density at radius 2 is 1.86 bits per heavy atom. The summed E-state index contributed by atoms with van der Waals surface area (Å²) in [5.74, 6) is -0.415. The summed E-state index contributed by atoms with van der Waals surface area (Å²) in [6.45, 7) is 0. The van der Waals surface area contributed by atoms with E-state index in [1.807, 2.05) is 0 Å². The molecule has 1 heterocycles. The van der Waals surface area contributed by atoms with Gasteiger partial charge in [-0.2, -0.15) is 0 Å². The Bertz CT molecular complexity index is 849. The zero-order chi connectivity index (χ0) is 15.6. The number of aromatic hydroxyl groups is 2. The van der Waals surface area contributed by atoms with Crippen molar-refractivity contribution in [1.29, 1.82) is 0 Å². The molecule has 0 bridgehead atoms. The molecular weight excluding hydrogens is 282 g/mol. The van der Waals surface area contributed by atoms with Gasteiger partial charge < -0.3 is 15.2 Å². The molecule has 0 saturated carbocycles. The van der Waals surface area contributed by atoms with Gasteiger partial charge >= 0.3 is 16.9 Å². The first kappa shape index (κ1) is 14.1. The first-order valence-electron chi connectivity index (χ1n) is 5.59. The first-order chi connectivity index (χ1) is 9.88. The molecule has 0 radical (unpaired) electrons. The topological polar surface area (TPSA) is 149 Å². The van der Waals surface area contributed by atoms with Crippen LogP contribution in [-0.4, -0.2) is 25.1 Å². The minimum Gasteiger partial charge on any atom is -0.508 e. The highest BCUT2D eigenvalue weighted by Gasteiger charge is 2.18. The highest BCUT2D eigenvalue weighted by Crippen LogP contribution is 2.24. The second kappa shape index (κ2) is 5.33. The number of aromatic amines is 2. The van der Waals surface area contributed by atoms with Crippen molar-refractivity contribution in [3.8, 4) is 11.5 Å². The average molecular weight is 291 g/mol. The fourth-order valence-electron chi connectivity index (χ4n) is 1.65. The summed E-state index contributed by atoms with van der Waals surface area (Å²) >= 11 is 0. The molecule has 2 rings (SSSR count). The molecule has 0 amide bonds. The van der Waals surface area contributed by atoms with Gasteiger partial charge in [-0.15, -0.1) is 0 Å². The molecule has 0 aliphatic heterocycles. The van der Waals surface area contributed by atoms with Crippen LogP contribution in [0.15, 0.2) is 27.8 Å². The largest absolute Gasteiger partial charge is 0.508 e. The summed E-state index contributed by atoms with van der Waals surface area (Å²) in [5.41, 5.74) is -2.90. The third-order valence-corrected chi connectivity index (χ3v) is 2.57. The lowest BCUT2D eigenvalue weighted by Crippen LogP contribution is -2.25. The molecular formula is C12H9N3O6. The van der Waals surface area contributed by atoms with Crippen LogP contribution in [0.25, 0.3) is 12.2 Å². The second-order valence-electron chi connectivity index (χ2n) is 4.00. The lowest BCUT2D eigenvalue weighted by Gasteiger charge is -2.00. The average Bonchev–Trinajstić information content (AvgIpc) is 2.36. The van der Waals surface area contributed by atoms with E-state index in [-0.39, 0.29) is 22.8 Å². The van der Waals surface area contributed by atoms with Crippen molar-refractivity contribution in [2.24, 2.45) is 0 Å². The third kappa shape index (κ3) is 2.97. The number of hydrogen-bond acceptors (Lipinski definition) is 6. The fraction of sp³-hybridized carbons (Fsp3) is 0. The van der Waals surface area contributed by atoms with E-state index in [9.17, 15) is 24.8 Å². The van der Waals surface area contributed by atoms with Crippen molar-refractivity contribution in [2.45, 2.75) is 0 Å². The van der Waals surface area contributed by atoms with E-state index < -0.39 is 21.9 Å². The minimum atomic E-state index is -1.13. The van der Waals surface area contributed by atoms with E-state index in [4.69, 9.17) is 5.11 Å². The number of nitrogens with one attached hydrogen (secondary N) is 2. The van der Waals surface area contributed by atoms with Crippen molar-refractivity contribution >= 4 is 17.8 Å². The van der Waals surface area contributed by atoms with Crippen LogP contribution < -0.4 is 11.2 Å². The lowest BCUT2D eigenvalue weighted by molar-refractivity contribution is -0.386. The number of aromatic nitrogens is 2. The highest BCUT2D eigenvalue weighted by atomic mass is 16.6. The van der Waals surface area contributed by atoms with Gasteiger partial charge in [0.15, 0.2) is 0 Å². The standard InChI is InChI=1S/C12H9N3O6/c16-7-3-1-6(9(17)5-7)2-4-8-10(15(20)21)11(18)14-12(19)13-8/h1-5,16-17H,(H2,13,14,18,19). The fourth-order valence-corrected chi connectivity index (χ4v) is 1.65. The number of phenols is 2. The van der Waals surface area contributed by atoms with Gasteiger partial charge in [-0.1, -0.05) is 0 Å². The van der Waals surface area contributed by atoms with Gasteiger partial charge in [0, 0.05) is 11.6 Å². The number of hydrogen-bond donors (Lipinski definition) is 4. The van der Waals surface area contributed by atoms with Gasteiger partial charge in [0.05, 0.1) is 4.92 Å². The monoisotopic (exact) mass is 291 g/mol. The van der Waals surface area contributed by atoms with E-state index in [2.05, 4.69) is 4.98 Å². The molecule has 1 aromatic heterocycles. The zero-order valence-corrected chi connectivity index (χ0v) is 10.4. The maximum absolute atomic E-state index is 11.4. The summed E-state index contributed by atoms with van der Waals surface area (Å²) in [4.78, 5) is 36.3. The molecule has 4 N–H and O–H groups in total. The summed E-state index contributed by atoms with van der Waals surface area (Å²) in [6, 6.07) is 3.74. The normalized spacial score (nSPS) is 10.9. The summed E-state index contributed by atoms with van der Waals surface area (Å²) in [6.07, 6.45) is 2.37. The predicted molar refractivity (Wildman–Crippen MR) is 73.0 cm³/mol. The Balaban J connectivity index is 2.53. The SMILES string of the molecule is O=c1[nH]c(C=Cc2ccc(O)cc2O)c([N+](=O)[O-])c(=O)[nH]1. The molecule has 0 aliphatic carbocycles. The van der Waals surface area contributed by atoms with E-state index in [0.29, 0.717) is 0 Å². The van der Waals surface area contributed by atoms with Crippen LogP contribution in [0.2, 0.25) is 0 Å². The Morgan fingerprint density at radius 3 is 2.48 bits per heavy atom. The van der Waals surface area contributed by atoms with Crippen LogP contribution in [0.4, 0.5) is 5.69 Å². The molecule has 21 heavy (non-hydrogen) atoms. The highest BCUT2D eigenvalue weighted by molar-refractivity contribution is 5.74. The number of nitrogens with zero attached hydrogens (tertiary/aromatic N) is 1. The molecule has 1 aromatic carbocycles. The van der Waals surface area contributed by atoms with Crippen LogP contribution in [0.1, 0.15) is 11.3 Å². The van der Waals surface area contributed by atoms with Gasteiger partial charge in [0.1, 0.15) is 17.2 Å². The van der Waals surface area contributed by atoms with Crippen LogP contribution in [0.5, 0.6) is 11.5 Å². The van der Waals surface area contributed by atoms with Gasteiger partial charge in [0.2, 0.25) is 0 Å². The maximum Gasteiger partial charge on any atom is 0.357 e. The molecule has 9 heteroatoms. The minimum absolute atomic E-state index is 0.153. The molecule has 0 aliphatic rings. The molecule has 0 saturated heterocycles. The molecule has 0 unspecified atom stereocenters. The van der Waals surface area contributed by atoms with Crippen LogP contribution in [-0.2, 0) is 0 Å². The van der Waals surface area contributed by atoms with E-state index >= 15 is 0 Å². The van der Waals surface area contributed by atoms with Crippen molar-refractivity contribution < 1.29 is 15.1 Å². The molecule has 0 atom stereocenters. The van der Waals surface area contributed by atoms with Crippen molar-refractivity contribution in [1.82, 2.24) is 9.97 Å². The van der Waals surface area contributed by atoms with Crippen LogP contribution >= 0.6 is 0 Å². The van der Waals surface area contributed by atoms with Gasteiger partial charge in [-0.3, -0.25) is 19.9 Å². The first-order valence-corrected chi connectivity index (χ1v) is 5.59. The van der Waals surface area contributed by atoms with Crippen molar-refractivity contribution in [3.05, 3.63) is 60.4 Å². The molecule has 2 aromatic rings. The Morgan fingerprint density at radius 1 is 1.14 bits per heavy atom. The third-order valence-electron chi connectivity index (χ3n) is 2.57. The Hall–Kier alpha value is -3.36. The molecule has 0 fully saturated rings. The maximum atomic E-state index is 11.4. The lowest BCUT2D eigenvalue weighted by atomic mass is 10.1. The zero-order valence-electron chi connectivity index (χ0n) is 10.4. The van der Waals surface area contributed by atoms with Gasteiger partial charge in [-0.05, 0) is 24.3 Å². The number of phenolic OH excluding ortho intramolecular Hbond substituents is 2. The smallest absolute Gasteiger partial charge is 0.357 e. The van der Waals surface area contributed by atoms with Crippen LogP contribution in [0, 0.1) is 10.1 Å². The van der Waals surface area contributed by atoms with Crippen LogP contribution in [0.3, 0.4) is 0 Å². The summed E-state index contributed by atoms with van der Waals surface area (Å²) < 4.78 is 0. The Kier molecular flexibility index (Phi) is 3.57. The van der Waals surface area contributed by atoms with Gasteiger partial charge in [0.25, 0.3) is 0 Å². The van der Waals surface area contributed by atoms with E-state index in [1.54, 1.807) is 4.98 Å². The quantitative estimate of drug-likeness (QED) is 0.479. The summed E-state index contributed by atoms with van der Waals surface area (Å²) in [7, 11) is 0. The van der Waals surface area contributed by atoms with E-state index in [0.717, 1.165) is 12.1 Å².